The predicted octanol–water partition coefficient (Wildman–Crippen LogP) is 4.40. The number of hydrogen-bond acceptors (Lipinski definition) is 1. The molecule has 1 fully saturated rings. The molecule has 0 radical (unpaired) electrons. The summed E-state index contributed by atoms with van der Waals surface area (Å²) in [7, 11) is 0. The molecule has 0 saturated heterocycles. The van der Waals surface area contributed by atoms with Crippen molar-refractivity contribution in [2.45, 2.75) is 32.1 Å². The van der Waals surface area contributed by atoms with Gasteiger partial charge < -0.3 is 5.32 Å². The first kappa shape index (κ1) is 16.3. The Morgan fingerprint density at radius 3 is 2.17 bits per heavy atom. The van der Waals surface area contributed by atoms with Gasteiger partial charge in [-0.3, -0.25) is 4.79 Å². The summed E-state index contributed by atoms with van der Waals surface area (Å²) >= 11 is 0. The lowest BCUT2D eigenvalue weighted by Crippen LogP contribution is -2.30. The number of benzene rings is 2. The third-order valence-electron chi connectivity index (χ3n) is 4.55. The van der Waals surface area contributed by atoms with Crippen molar-refractivity contribution in [3.8, 4) is 11.8 Å². The predicted molar refractivity (Wildman–Crippen MR) is 97.8 cm³/mol. The number of nitrogens with one attached hydrogen (secondary N) is 1. The molecule has 24 heavy (non-hydrogen) atoms. The van der Waals surface area contributed by atoms with Gasteiger partial charge in [0.1, 0.15) is 0 Å². The Balaban J connectivity index is 1.55. The molecule has 2 heteroatoms. The fourth-order valence-corrected chi connectivity index (χ4v) is 3.10. The highest BCUT2D eigenvalue weighted by Gasteiger charge is 2.14. The highest BCUT2D eigenvalue weighted by atomic mass is 16.1. The van der Waals surface area contributed by atoms with Gasteiger partial charge in [-0.25, -0.2) is 0 Å². The minimum atomic E-state index is 0.0168. The smallest absolute Gasteiger partial charge is 0.251 e. The second-order valence-corrected chi connectivity index (χ2v) is 6.41. The van der Waals surface area contributed by atoms with E-state index in [-0.39, 0.29) is 5.91 Å². The maximum atomic E-state index is 12.2. The van der Waals surface area contributed by atoms with Crippen molar-refractivity contribution in [3.63, 3.8) is 0 Å². The molecule has 2 nitrogen and oxygen atoms in total. The second kappa shape index (κ2) is 8.36. The first-order valence-corrected chi connectivity index (χ1v) is 8.76. The van der Waals surface area contributed by atoms with Gasteiger partial charge in [0.25, 0.3) is 5.91 Å². The summed E-state index contributed by atoms with van der Waals surface area (Å²) in [6.07, 6.45) is 6.43. The number of amides is 1. The van der Waals surface area contributed by atoms with Gasteiger partial charge in [-0.15, -0.1) is 0 Å². The summed E-state index contributed by atoms with van der Waals surface area (Å²) in [4.78, 5) is 12.2. The Morgan fingerprint density at radius 1 is 0.875 bits per heavy atom. The van der Waals surface area contributed by atoms with Crippen molar-refractivity contribution in [1.29, 1.82) is 0 Å². The van der Waals surface area contributed by atoms with Gasteiger partial charge in [-0.2, -0.15) is 0 Å². The normalized spacial score (nSPS) is 14.5. The van der Waals surface area contributed by atoms with E-state index in [2.05, 4.69) is 17.2 Å². The van der Waals surface area contributed by atoms with Crippen LogP contribution in [-0.2, 0) is 0 Å². The van der Waals surface area contributed by atoms with Crippen LogP contribution in [0, 0.1) is 17.8 Å². The first-order chi connectivity index (χ1) is 11.8. The Morgan fingerprint density at radius 2 is 1.50 bits per heavy atom. The SMILES string of the molecule is O=C(NCC1CCCCC1)c1ccc(C#Cc2ccccc2)cc1. The third kappa shape index (κ3) is 4.73. The third-order valence-corrected chi connectivity index (χ3v) is 4.55. The van der Waals surface area contributed by atoms with E-state index >= 15 is 0 Å². The van der Waals surface area contributed by atoms with Crippen LogP contribution in [0.15, 0.2) is 54.6 Å². The lowest BCUT2D eigenvalue weighted by molar-refractivity contribution is 0.0943. The quantitative estimate of drug-likeness (QED) is 0.835. The maximum Gasteiger partial charge on any atom is 0.251 e. The molecule has 3 rings (SSSR count). The molecule has 0 aromatic heterocycles. The molecule has 0 aliphatic heterocycles. The minimum absolute atomic E-state index is 0.0168. The summed E-state index contributed by atoms with van der Waals surface area (Å²) in [6.45, 7) is 0.800. The zero-order valence-corrected chi connectivity index (χ0v) is 13.9. The van der Waals surface area contributed by atoms with Crippen LogP contribution >= 0.6 is 0 Å². The van der Waals surface area contributed by atoms with E-state index in [1.807, 2.05) is 54.6 Å². The summed E-state index contributed by atoms with van der Waals surface area (Å²) in [6, 6.07) is 17.4. The Hall–Kier alpha value is -2.53. The molecule has 122 valence electrons. The molecule has 0 heterocycles. The van der Waals surface area contributed by atoms with Crippen LogP contribution < -0.4 is 5.32 Å². The summed E-state index contributed by atoms with van der Waals surface area (Å²) in [5, 5.41) is 3.07. The van der Waals surface area contributed by atoms with Crippen LogP contribution in [0.3, 0.4) is 0 Å². The second-order valence-electron chi connectivity index (χ2n) is 6.41. The van der Waals surface area contributed by atoms with E-state index in [1.165, 1.54) is 32.1 Å². The standard InChI is InChI=1S/C22H23NO/c24-22(23-17-20-9-5-2-6-10-20)21-15-13-19(14-16-21)12-11-18-7-3-1-4-8-18/h1,3-4,7-8,13-16,20H,2,5-6,9-10,17H2,(H,23,24). The topological polar surface area (TPSA) is 29.1 Å². The zero-order chi connectivity index (χ0) is 16.6. The number of carbonyl (C=O) groups excluding carboxylic acids is 1. The molecule has 2 aromatic carbocycles. The van der Waals surface area contributed by atoms with Crippen LogP contribution in [0.2, 0.25) is 0 Å². The first-order valence-electron chi connectivity index (χ1n) is 8.76. The lowest BCUT2D eigenvalue weighted by atomic mass is 9.89. The van der Waals surface area contributed by atoms with Crippen molar-refractivity contribution in [1.82, 2.24) is 5.32 Å². The number of rotatable bonds is 3. The van der Waals surface area contributed by atoms with Gasteiger partial charge >= 0.3 is 0 Å². The van der Waals surface area contributed by atoms with E-state index in [0.29, 0.717) is 11.5 Å². The minimum Gasteiger partial charge on any atom is -0.352 e. The van der Waals surface area contributed by atoms with Gasteiger partial charge in [0.15, 0.2) is 0 Å². The molecular weight excluding hydrogens is 294 g/mol. The molecule has 1 aliphatic carbocycles. The van der Waals surface area contributed by atoms with Crippen molar-refractivity contribution in [2.24, 2.45) is 5.92 Å². The van der Waals surface area contributed by atoms with Crippen LogP contribution in [-0.4, -0.2) is 12.5 Å². The van der Waals surface area contributed by atoms with Crippen molar-refractivity contribution in [2.75, 3.05) is 6.54 Å². The summed E-state index contributed by atoms with van der Waals surface area (Å²) in [5.41, 5.74) is 2.62. The molecule has 1 N–H and O–H groups in total. The largest absolute Gasteiger partial charge is 0.352 e. The van der Waals surface area contributed by atoms with E-state index in [1.54, 1.807) is 0 Å². The fourth-order valence-electron chi connectivity index (χ4n) is 3.10. The average Bonchev–Trinajstić information content (AvgIpc) is 2.66. The molecule has 0 bridgehead atoms. The van der Waals surface area contributed by atoms with E-state index in [4.69, 9.17) is 0 Å². The molecule has 2 aromatic rings. The van der Waals surface area contributed by atoms with Crippen molar-refractivity contribution in [3.05, 3.63) is 71.3 Å². The monoisotopic (exact) mass is 317 g/mol. The summed E-state index contributed by atoms with van der Waals surface area (Å²) in [5.74, 6) is 6.92. The lowest BCUT2D eigenvalue weighted by Gasteiger charge is -2.21. The molecule has 0 spiro atoms. The Kier molecular flexibility index (Phi) is 5.69. The van der Waals surface area contributed by atoms with Crippen molar-refractivity contribution < 1.29 is 4.79 Å². The molecule has 0 unspecified atom stereocenters. The van der Waals surface area contributed by atoms with E-state index in [9.17, 15) is 4.79 Å². The summed E-state index contributed by atoms with van der Waals surface area (Å²) < 4.78 is 0. The van der Waals surface area contributed by atoms with Crippen LogP contribution in [0.1, 0.15) is 53.6 Å². The molecule has 0 atom stereocenters. The van der Waals surface area contributed by atoms with E-state index in [0.717, 1.165) is 17.7 Å². The molecule has 1 aliphatic rings. The van der Waals surface area contributed by atoms with E-state index < -0.39 is 0 Å². The zero-order valence-electron chi connectivity index (χ0n) is 13.9. The number of carbonyl (C=O) groups is 1. The van der Waals surface area contributed by atoms with Crippen molar-refractivity contribution >= 4 is 5.91 Å². The number of hydrogen-bond donors (Lipinski definition) is 1. The van der Waals surface area contributed by atoms with Gasteiger partial charge in [0.05, 0.1) is 0 Å². The Bertz CT molecular complexity index is 716. The molecule has 1 amide bonds. The van der Waals surface area contributed by atoms with Gasteiger partial charge in [-0.1, -0.05) is 49.3 Å². The highest BCUT2D eigenvalue weighted by molar-refractivity contribution is 5.94. The average molecular weight is 317 g/mol. The van der Waals surface area contributed by atoms with Gasteiger partial charge in [-0.05, 0) is 55.2 Å². The molecular formula is C22H23NO. The van der Waals surface area contributed by atoms with Gasteiger partial charge in [0, 0.05) is 23.2 Å². The Labute approximate surface area is 144 Å². The van der Waals surface area contributed by atoms with Crippen LogP contribution in [0.5, 0.6) is 0 Å². The highest BCUT2D eigenvalue weighted by Crippen LogP contribution is 2.22. The van der Waals surface area contributed by atoms with Crippen LogP contribution in [0.4, 0.5) is 0 Å². The van der Waals surface area contributed by atoms with Crippen LogP contribution in [0.25, 0.3) is 0 Å². The van der Waals surface area contributed by atoms with Gasteiger partial charge in [0.2, 0.25) is 0 Å². The molecule has 1 saturated carbocycles. The maximum absolute atomic E-state index is 12.2. The fraction of sp³-hybridized carbons (Fsp3) is 0.318.